The molecule has 0 aromatic rings. The van der Waals surface area contributed by atoms with Crippen LogP contribution >= 0.6 is 0 Å². The van der Waals surface area contributed by atoms with E-state index in [1.54, 1.807) is 0 Å². The third-order valence-electron chi connectivity index (χ3n) is 2.23. The van der Waals surface area contributed by atoms with Crippen molar-refractivity contribution < 1.29 is 0 Å². The van der Waals surface area contributed by atoms with E-state index in [1.807, 2.05) is 4.81 Å². The van der Waals surface area contributed by atoms with Crippen molar-refractivity contribution in [1.29, 1.82) is 0 Å². The summed E-state index contributed by atoms with van der Waals surface area (Å²) in [6.45, 7) is 2.09. The molecule has 0 bridgehead atoms. The summed E-state index contributed by atoms with van der Waals surface area (Å²) in [6, 6.07) is 0.750. The van der Waals surface area contributed by atoms with E-state index in [0.717, 1.165) is 19.1 Å². The van der Waals surface area contributed by atoms with Crippen molar-refractivity contribution in [3.63, 3.8) is 0 Å². The Morgan fingerprint density at radius 2 is 1.80 bits per heavy atom. The second kappa shape index (κ2) is 3.40. The zero-order chi connectivity index (χ0) is 7.56. The van der Waals surface area contributed by atoms with Gasteiger partial charge < -0.3 is 9.71 Å². The lowest BCUT2D eigenvalue weighted by atomic mass is 10.0. The monoisotopic (exact) mass is 138 g/mol. The van der Waals surface area contributed by atoms with E-state index in [2.05, 4.69) is 19.0 Å². The highest BCUT2D eigenvalue weighted by molar-refractivity contribution is 6.04. The molecular weight excluding hydrogens is 123 g/mol. The maximum atomic E-state index is 5.61. The molecule has 0 saturated carbocycles. The maximum absolute atomic E-state index is 5.61. The summed E-state index contributed by atoms with van der Waals surface area (Å²) in [5.41, 5.74) is 0. The van der Waals surface area contributed by atoms with Crippen molar-refractivity contribution in [3.8, 4) is 0 Å². The molecule has 0 spiro atoms. The predicted molar refractivity (Wildman–Crippen MR) is 44.0 cm³/mol. The van der Waals surface area contributed by atoms with Gasteiger partial charge in [0.05, 0.1) is 0 Å². The van der Waals surface area contributed by atoms with Gasteiger partial charge in [-0.05, 0) is 40.0 Å². The molecule has 10 heavy (non-hydrogen) atoms. The van der Waals surface area contributed by atoms with Gasteiger partial charge in [-0.15, -0.1) is 0 Å². The Morgan fingerprint density at radius 1 is 1.30 bits per heavy atom. The van der Waals surface area contributed by atoms with Crippen molar-refractivity contribution in [3.05, 3.63) is 0 Å². The van der Waals surface area contributed by atoms with Gasteiger partial charge in [0, 0.05) is 6.04 Å². The van der Waals surface area contributed by atoms with Gasteiger partial charge in [-0.25, -0.2) is 0 Å². The summed E-state index contributed by atoms with van der Waals surface area (Å²) >= 11 is 0. The molecule has 1 saturated heterocycles. The van der Waals surface area contributed by atoms with Crippen LogP contribution in [0.4, 0.5) is 0 Å². The number of hydrogen-bond acceptors (Lipinski definition) is 2. The summed E-state index contributed by atoms with van der Waals surface area (Å²) < 4.78 is 0. The summed E-state index contributed by atoms with van der Waals surface area (Å²) in [6.07, 6.45) is 2.42. The minimum atomic E-state index is 0.750. The molecule has 0 atom stereocenters. The van der Waals surface area contributed by atoms with E-state index in [0.29, 0.717) is 0 Å². The third-order valence-corrected chi connectivity index (χ3v) is 2.23. The molecule has 1 fully saturated rings. The van der Waals surface area contributed by atoms with Crippen LogP contribution in [0.15, 0.2) is 0 Å². The normalized spacial score (nSPS) is 23.9. The highest BCUT2D eigenvalue weighted by atomic mass is 15.1. The average molecular weight is 138 g/mol. The quantitative estimate of drug-likeness (QED) is 0.474. The van der Waals surface area contributed by atoms with Crippen LogP contribution in [-0.4, -0.2) is 50.9 Å². The number of rotatable bonds is 1. The standard InChI is InChI=1S/C7H15BN2/c1-9(2)7-3-5-10(8)6-4-7/h7H,3-6H2,1-2H3. The van der Waals surface area contributed by atoms with Crippen LogP contribution in [0.2, 0.25) is 0 Å². The Balaban J connectivity index is 2.26. The first-order valence-electron chi connectivity index (χ1n) is 3.86. The Labute approximate surface area is 64.6 Å². The molecule has 0 amide bonds. The first kappa shape index (κ1) is 8.09. The fourth-order valence-corrected chi connectivity index (χ4v) is 1.40. The van der Waals surface area contributed by atoms with Crippen LogP contribution < -0.4 is 0 Å². The summed E-state index contributed by atoms with van der Waals surface area (Å²) in [7, 11) is 9.88. The van der Waals surface area contributed by atoms with E-state index in [9.17, 15) is 0 Å². The fourth-order valence-electron chi connectivity index (χ4n) is 1.40. The molecule has 2 nitrogen and oxygen atoms in total. The van der Waals surface area contributed by atoms with Crippen LogP contribution in [0, 0.1) is 0 Å². The number of piperidine rings is 1. The third kappa shape index (κ3) is 1.99. The van der Waals surface area contributed by atoms with E-state index in [4.69, 9.17) is 7.98 Å². The summed E-state index contributed by atoms with van der Waals surface area (Å²) in [5, 5.41) is 0. The van der Waals surface area contributed by atoms with Crippen LogP contribution in [0.25, 0.3) is 0 Å². The molecule has 0 N–H and O–H groups in total. The molecule has 1 rings (SSSR count). The van der Waals surface area contributed by atoms with Crippen LogP contribution in [0.1, 0.15) is 12.8 Å². The average Bonchev–Trinajstić information content (AvgIpc) is 1.88. The second-order valence-corrected chi connectivity index (χ2v) is 3.23. The molecule has 1 heterocycles. The van der Waals surface area contributed by atoms with Crippen molar-refractivity contribution >= 4 is 7.98 Å². The van der Waals surface area contributed by atoms with Crippen molar-refractivity contribution in [2.75, 3.05) is 27.2 Å². The van der Waals surface area contributed by atoms with E-state index >= 15 is 0 Å². The summed E-state index contributed by atoms with van der Waals surface area (Å²) in [4.78, 5) is 4.19. The molecule has 0 unspecified atom stereocenters. The van der Waals surface area contributed by atoms with Gasteiger partial charge in [-0.2, -0.15) is 0 Å². The lowest BCUT2D eigenvalue weighted by molar-refractivity contribution is 0.199. The van der Waals surface area contributed by atoms with Crippen LogP contribution in [-0.2, 0) is 0 Å². The van der Waals surface area contributed by atoms with E-state index < -0.39 is 0 Å². The summed E-state index contributed by atoms with van der Waals surface area (Å²) in [5.74, 6) is 0. The maximum Gasteiger partial charge on any atom is 0.182 e. The van der Waals surface area contributed by atoms with Crippen molar-refractivity contribution in [2.45, 2.75) is 18.9 Å². The molecule has 0 aliphatic carbocycles. The van der Waals surface area contributed by atoms with Gasteiger partial charge in [0.15, 0.2) is 7.98 Å². The predicted octanol–water partition coefficient (Wildman–Crippen LogP) is 0.0959. The highest BCUT2D eigenvalue weighted by Gasteiger charge is 2.16. The molecule has 1 aliphatic heterocycles. The zero-order valence-corrected chi connectivity index (χ0v) is 6.88. The lowest BCUT2D eigenvalue weighted by Gasteiger charge is -2.33. The Hall–Kier alpha value is -0.0151. The van der Waals surface area contributed by atoms with Gasteiger partial charge in [-0.1, -0.05) is 0 Å². The lowest BCUT2D eigenvalue weighted by Crippen LogP contribution is -2.40. The van der Waals surface area contributed by atoms with Crippen LogP contribution in [0.3, 0.4) is 0 Å². The van der Waals surface area contributed by atoms with Gasteiger partial charge in [0.25, 0.3) is 0 Å². The molecule has 3 heteroatoms. The molecule has 0 aromatic heterocycles. The van der Waals surface area contributed by atoms with Crippen molar-refractivity contribution in [1.82, 2.24) is 9.71 Å². The Bertz CT molecular complexity index is 97.8. The van der Waals surface area contributed by atoms with E-state index in [-0.39, 0.29) is 0 Å². The molecule has 0 aromatic carbocycles. The van der Waals surface area contributed by atoms with Crippen LogP contribution in [0.5, 0.6) is 0 Å². The number of hydrogen-bond donors (Lipinski definition) is 0. The van der Waals surface area contributed by atoms with Gasteiger partial charge in [-0.3, -0.25) is 0 Å². The van der Waals surface area contributed by atoms with Crippen molar-refractivity contribution in [2.24, 2.45) is 0 Å². The topological polar surface area (TPSA) is 6.48 Å². The Kier molecular flexibility index (Phi) is 2.75. The smallest absolute Gasteiger partial charge is 0.182 e. The first-order chi connectivity index (χ1) is 4.70. The zero-order valence-electron chi connectivity index (χ0n) is 6.88. The largest absolute Gasteiger partial charge is 0.353 e. The molecule has 2 radical (unpaired) electrons. The molecule has 56 valence electrons. The number of nitrogens with zero attached hydrogens (tertiary/aromatic N) is 2. The Morgan fingerprint density at radius 3 is 2.20 bits per heavy atom. The van der Waals surface area contributed by atoms with E-state index in [1.165, 1.54) is 12.8 Å². The molecule has 1 aliphatic rings. The first-order valence-corrected chi connectivity index (χ1v) is 3.86. The minimum absolute atomic E-state index is 0.750. The van der Waals surface area contributed by atoms with Gasteiger partial charge >= 0.3 is 0 Å². The van der Waals surface area contributed by atoms with Gasteiger partial charge in [0.2, 0.25) is 0 Å². The fraction of sp³-hybridized carbons (Fsp3) is 1.00. The second-order valence-electron chi connectivity index (χ2n) is 3.23. The SMILES string of the molecule is [B]N1CCC(N(C)C)CC1. The molecular formula is C7H15BN2. The highest BCUT2D eigenvalue weighted by Crippen LogP contribution is 2.11. The van der Waals surface area contributed by atoms with Gasteiger partial charge in [0.1, 0.15) is 0 Å². The minimum Gasteiger partial charge on any atom is -0.353 e.